The second-order valence-corrected chi connectivity index (χ2v) is 6.94. The van der Waals surface area contributed by atoms with E-state index >= 15 is 0 Å². The molecular formula is C16H31N3O. The minimum absolute atomic E-state index is 0.180. The largest absolute Gasteiger partial charge is 0.341 e. The van der Waals surface area contributed by atoms with E-state index in [2.05, 4.69) is 18.7 Å². The summed E-state index contributed by atoms with van der Waals surface area (Å²) in [4.78, 5) is 17.2. The third kappa shape index (κ3) is 3.34. The predicted molar refractivity (Wildman–Crippen MR) is 82.5 cm³/mol. The molecule has 2 atom stereocenters. The standard InChI is InChI=1S/C16H31N3O/c1-4-19-10-7-14(8-11-19)18(3)15(20)16(17)9-5-6-13(2)12-16/h13-14H,4-12,17H2,1-3H3. The molecule has 0 spiro atoms. The summed E-state index contributed by atoms with van der Waals surface area (Å²) in [6.07, 6.45) is 6.18. The number of likely N-dealkylation sites (N-methyl/N-ethyl adjacent to an activating group) is 1. The Bertz CT molecular complexity index is 339. The maximum Gasteiger partial charge on any atom is 0.242 e. The van der Waals surface area contributed by atoms with Gasteiger partial charge in [-0.1, -0.05) is 26.7 Å². The lowest BCUT2D eigenvalue weighted by atomic mass is 9.76. The average Bonchev–Trinajstić information content (AvgIpc) is 2.45. The molecule has 4 heteroatoms. The van der Waals surface area contributed by atoms with Crippen molar-refractivity contribution in [2.75, 3.05) is 26.7 Å². The Morgan fingerprint density at radius 3 is 2.55 bits per heavy atom. The van der Waals surface area contributed by atoms with Gasteiger partial charge in [-0.25, -0.2) is 0 Å². The van der Waals surface area contributed by atoms with E-state index in [0.717, 1.165) is 51.7 Å². The number of likely N-dealkylation sites (tertiary alicyclic amines) is 1. The van der Waals surface area contributed by atoms with Gasteiger partial charge < -0.3 is 15.5 Å². The van der Waals surface area contributed by atoms with E-state index in [1.165, 1.54) is 6.42 Å². The Kier molecular flexibility index (Phi) is 5.08. The van der Waals surface area contributed by atoms with Crippen LogP contribution in [0.25, 0.3) is 0 Å². The maximum atomic E-state index is 12.8. The first-order valence-corrected chi connectivity index (χ1v) is 8.25. The fraction of sp³-hybridized carbons (Fsp3) is 0.938. The topological polar surface area (TPSA) is 49.6 Å². The fourth-order valence-corrected chi connectivity index (χ4v) is 3.93. The zero-order valence-corrected chi connectivity index (χ0v) is 13.4. The van der Waals surface area contributed by atoms with Crippen LogP contribution in [0.15, 0.2) is 0 Å². The van der Waals surface area contributed by atoms with Gasteiger partial charge in [0.05, 0.1) is 5.54 Å². The van der Waals surface area contributed by atoms with Crippen LogP contribution >= 0.6 is 0 Å². The normalized spacial score (nSPS) is 33.1. The fourth-order valence-electron chi connectivity index (χ4n) is 3.93. The second-order valence-electron chi connectivity index (χ2n) is 6.94. The highest BCUT2D eigenvalue weighted by Gasteiger charge is 2.41. The average molecular weight is 281 g/mol. The monoisotopic (exact) mass is 281 g/mol. The van der Waals surface area contributed by atoms with E-state index in [9.17, 15) is 4.79 Å². The number of piperidine rings is 1. The van der Waals surface area contributed by atoms with E-state index in [1.54, 1.807) is 0 Å². The van der Waals surface area contributed by atoms with Crippen LogP contribution in [0.4, 0.5) is 0 Å². The van der Waals surface area contributed by atoms with Crippen molar-refractivity contribution >= 4 is 5.91 Å². The van der Waals surface area contributed by atoms with Gasteiger partial charge in [-0.3, -0.25) is 4.79 Å². The van der Waals surface area contributed by atoms with Gasteiger partial charge in [-0.15, -0.1) is 0 Å². The van der Waals surface area contributed by atoms with Gasteiger partial charge in [-0.2, -0.15) is 0 Å². The molecule has 0 bridgehead atoms. The van der Waals surface area contributed by atoms with Crippen molar-refractivity contribution in [1.82, 2.24) is 9.80 Å². The lowest BCUT2D eigenvalue weighted by Gasteiger charge is -2.42. The number of carbonyl (C=O) groups is 1. The SMILES string of the molecule is CCN1CCC(N(C)C(=O)C2(N)CCCC(C)C2)CC1. The summed E-state index contributed by atoms with van der Waals surface area (Å²) in [5.74, 6) is 0.757. The third-order valence-corrected chi connectivity index (χ3v) is 5.33. The van der Waals surface area contributed by atoms with Crippen molar-refractivity contribution in [3.05, 3.63) is 0 Å². The zero-order chi connectivity index (χ0) is 14.8. The van der Waals surface area contributed by atoms with E-state index in [0.29, 0.717) is 12.0 Å². The highest BCUT2D eigenvalue weighted by molar-refractivity contribution is 5.86. The van der Waals surface area contributed by atoms with E-state index in [4.69, 9.17) is 5.73 Å². The molecule has 1 saturated heterocycles. The van der Waals surface area contributed by atoms with Gasteiger partial charge in [0.25, 0.3) is 0 Å². The first kappa shape index (κ1) is 15.8. The molecule has 1 aliphatic carbocycles. The molecule has 0 aromatic rings. The summed E-state index contributed by atoms with van der Waals surface area (Å²) in [7, 11) is 1.96. The highest BCUT2D eigenvalue weighted by Crippen LogP contribution is 2.32. The Hall–Kier alpha value is -0.610. The predicted octanol–water partition coefficient (Wildman–Crippen LogP) is 1.84. The van der Waals surface area contributed by atoms with Crippen LogP contribution in [0.2, 0.25) is 0 Å². The quantitative estimate of drug-likeness (QED) is 0.858. The van der Waals surface area contributed by atoms with Crippen LogP contribution in [-0.4, -0.2) is 54.0 Å². The van der Waals surface area contributed by atoms with E-state index < -0.39 is 5.54 Å². The van der Waals surface area contributed by atoms with Crippen LogP contribution in [0.1, 0.15) is 52.4 Å². The number of hydrogen-bond acceptors (Lipinski definition) is 3. The van der Waals surface area contributed by atoms with E-state index in [-0.39, 0.29) is 5.91 Å². The van der Waals surface area contributed by atoms with Gasteiger partial charge in [0.2, 0.25) is 5.91 Å². The van der Waals surface area contributed by atoms with Gasteiger partial charge in [0.1, 0.15) is 0 Å². The molecule has 2 fully saturated rings. The first-order chi connectivity index (χ1) is 9.46. The molecule has 2 aliphatic rings. The molecule has 0 radical (unpaired) electrons. The minimum Gasteiger partial charge on any atom is -0.341 e. The molecule has 2 rings (SSSR count). The molecule has 1 heterocycles. The van der Waals surface area contributed by atoms with Gasteiger partial charge in [0.15, 0.2) is 0 Å². The summed E-state index contributed by atoms with van der Waals surface area (Å²) in [5, 5.41) is 0. The number of amides is 1. The summed E-state index contributed by atoms with van der Waals surface area (Å²) in [6.45, 7) is 7.74. The number of hydrogen-bond donors (Lipinski definition) is 1. The molecule has 1 aliphatic heterocycles. The van der Waals surface area contributed by atoms with Crippen LogP contribution in [0.3, 0.4) is 0 Å². The number of carbonyl (C=O) groups excluding carboxylic acids is 1. The molecule has 0 aromatic carbocycles. The number of nitrogens with two attached hydrogens (primary N) is 1. The van der Waals surface area contributed by atoms with Crippen LogP contribution in [0, 0.1) is 5.92 Å². The minimum atomic E-state index is -0.603. The zero-order valence-electron chi connectivity index (χ0n) is 13.4. The summed E-state index contributed by atoms with van der Waals surface area (Å²) in [6, 6.07) is 0.378. The molecule has 4 nitrogen and oxygen atoms in total. The summed E-state index contributed by atoms with van der Waals surface area (Å²) in [5.41, 5.74) is 5.85. The smallest absolute Gasteiger partial charge is 0.242 e. The van der Waals surface area contributed by atoms with Crippen LogP contribution in [-0.2, 0) is 4.79 Å². The van der Waals surface area contributed by atoms with Crippen molar-refractivity contribution in [3.8, 4) is 0 Å². The second kappa shape index (κ2) is 6.44. The molecule has 0 aromatic heterocycles. The van der Waals surface area contributed by atoms with Gasteiger partial charge in [0, 0.05) is 26.2 Å². The summed E-state index contributed by atoms with van der Waals surface area (Å²) < 4.78 is 0. The van der Waals surface area contributed by atoms with Crippen molar-refractivity contribution in [3.63, 3.8) is 0 Å². The van der Waals surface area contributed by atoms with Crippen LogP contribution in [0.5, 0.6) is 0 Å². The van der Waals surface area contributed by atoms with Crippen molar-refractivity contribution in [1.29, 1.82) is 0 Å². The summed E-state index contributed by atoms with van der Waals surface area (Å²) >= 11 is 0. The third-order valence-electron chi connectivity index (χ3n) is 5.33. The molecular weight excluding hydrogens is 250 g/mol. The van der Waals surface area contributed by atoms with E-state index in [1.807, 2.05) is 11.9 Å². The number of rotatable bonds is 3. The molecule has 116 valence electrons. The lowest BCUT2D eigenvalue weighted by Crippen LogP contribution is -2.59. The number of nitrogens with zero attached hydrogens (tertiary/aromatic N) is 2. The Balaban J connectivity index is 1.94. The Morgan fingerprint density at radius 1 is 1.35 bits per heavy atom. The Labute approximate surface area is 123 Å². The molecule has 1 saturated carbocycles. The lowest BCUT2D eigenvalue weighted by molar-refractivity contribution is -0.140. The van der Waals surface area contributed by atoms with Gasteiger partial charge in [-0.05, 0) is 38.1 Å². The Morgan fingerprint density at radius 2 is 2.00 bits per heavy atom. The van der Waals surface area contributed by atoms with Crippen LogP contribution < -0.4 is 5.73 Å². The molecule has 2 N–H and O–H groups in total. The van der Waals surface area contributed by atoms with Gasteiger partial charge >= 0.3 is 0 Å². The van der Waals surface area contributed by atoms with Crippen molar-refractivity contribution in [2.24, 2.45) is 11.7 Å². The molecule has 1 amide bonds. The van der Waals surface area contributed by atoms with Crippen molar-refractivity contribution < 1.29 is 4.79 Å². The molecule has 2 unspecified atom stereocenters. The van der Waals surface area contributed by atoms with Crippen molar-refractivity contribution in [2.45, 2.75) is 64.0 Å². The molecule has 20 heavy (non-hydrogen) atoms. The first-order valence-electron chi connectivity index (χ1n) is 8.25. The maximum absolute atomic E-state index is 12.8. The highest BCUT2D eigenvalue weighted by atomic mass is 16.2.